The van der Waals surface area contributed by atoms with Crippen molar-refractivity contribution in [1.82, 2.24) is 20.1 Å². The SMILES string of the molecule is Cc1c(-c2nc(N)nc(N(C)c3ccccc3)n2)noc1N1CC2CC2(COCC(F)(F)F)C1. The zero-order valence-corrected chi connectivity index (χ0v) is 18.7. The van der Waals surface area contributed by atoms with Gasteiger partial charge in [-0.15, -0.1) is 0 Å². The molecule has 3 heterocycles. The smallest absolute Gasteiger partial charge is 0.371 e. The van der Waals surface area contributed by atoms with Gasteiger partial charge in [-0.25, -0.2) is 0 Å². The minimum absolute atomic E-state index is 0.0508. The van der Waals surface area contributed by atoms with E-state index in [0.717, 1.165) is 17.7 Å². The third kappa shape index (κ3) is 4.25. The Morgan fingerprint density at radius 2 is 2.00 bits per heavy atom. The van der Waals surface area contributed by atoms with E-state index in [9.17, 15) is 13.2 Å². The molecule has 2 atom stereocenters. The van der Waals surface area contributed by atoms with E-state index < -0.39 is 12.8 Å². The van der Waals surface area contributed by atoms with E-state index in [1.165, 1.54) is 0 Å². The summed E-state index contributed by atoms with van der Waals surface area (Å²) < 4.78 is 47.9. The normalized spacial score (nSPS) is 21.6. The fraction of sp³-hybridized carbons (Fsp3) is 0.455. The van der Waals surface area contributed by atoms with Crippen molar-refractivity contribution in [1.29, 1.82) is 0 Å². The highest BCUT2D eigenvalue weighted by Crippen LogP contribution is 2.59. The van der Waals surface area contributed by atoms with Gasteiger partial charge in [-0.2, -0.15) is 28.1 Å². The van der Waals surface area contributed by atoms with Crippen molar-refractivity contribution in [3.8, 4) is 11.5 Å². The number of nitrogen functional groups attached to an aromatic ring is 1. The number of para-hydroxylation sites is 1. The molecule has 2 fully saturated rings. The Bertz CT molecular complexity index is 1190. The number of halogens is 3. The number of nitrogens with two attached hydrogens (primary N) is 1. The van der Waals surface area contributed by atoms with E-state index >= 15 is 0 Å². The van der Waals surface area contributed by atoms with Crippen molar-refractivity contribution in [3.63, 3.8) is 0 Å². The van der Waals surface area contributed by atoms with Crippen LogP contribution < -0.4 is 15.5 Å². The summed E-state index contributed by atoms with van der Waals surface area (Å²) in [6.07, 6.45) is -3.48. The summed E-state index contributed by atoms with van der Waals surface area (Å²) in [7, 11) is 1.83. The Labute approximate surface area is 193 Å². The van der Waals surface area contributed by atoms with Crippen LogP contribution in [0.3, 0.4) is 0 Å². The molecule has 1 aliphatic heterocycles. The second kappa shape index (κ2) is 8.12. The first-order valence-electron chi connectivity index (χ1n) is 10.8. The number of hydrogen-bond acceptors (Lipinski definition) is 9. The van der Waals surface area contributed by atoms with Gasteiger partial charge >= 0.3 is 6.18 Å². The molecule has 2 unspecified atom stereocenters. The van der Waals surface area contributed by atoms with E-state index in [0.29, 0.717) is 30.6 Å². The van der Waals surface area contributed by atoms with Crippen LogP contribution in [0.2, 0.25) is 0 Å². The molecule has 9 nitrogen and oxygen atoms in total. The lowest BCUT2D eigenvalue weighted by Gasteiger charge is -2.20. The van der Waals surface area contributed by atoms with Gasteiger partial charge in [-0.1, -0.05) is 23.4 Å². The number of benzene rings is 1. The summed E-state index contributed by atoms with van der Waals surface area (Å²) in [5.74, 6) is 1.52. The highest BCUT2D eigenvalue weighted by molar-refractivity contribution is 5.66. The Balaban J connectivity index is 1.34. The molecule has 2 N–H and O–H groups in total. The fourth-order valence-corrected chi connectivity index (χ4v) is 4.58. The second-order valence-corrected chi connectivity index (χ2v) is 8.93. The summed E-state index contributed by atoms with van der Waals surface area (Å²) in [5, 5.41) is 4.18. The topological polar surface area (TPSA) is 106 Å². The van der Waals surface area contributed by atoms with Gasteiger partial charge in [0.1, 0.15) is 6.61 Å². The maximum atomic E-state index is 12.4. The molecule has 0 spiro atoms. The number of hydrogen-bond donors (Lipinski definition) is 1. The first-order chi connectivity index (χ1) is 16.2. The molecule has 2 aliphatic rings. The van der Waals surface area contributed by atoms with E-state index in [-0.39, 0.29) is 29.7 Å². The molecule has 2 aromatic heterocycles. The quantitative estimate of drug-likeness (QED) is 0.549. The molecule has 0 radical (unpaired) electrons. The lowest BCUT2D eigenvalue weighted by molar-refractivity contribution is -0.177. The number of fused-ring (bicyclic) bond motifs is 1. The Morgan fingerprint density at radius 3 is 2.74 bits per heavy atom. The Kier molecular flexibility index (Phi) is 5.34. The van der Waals surface area contributed by atoms with Crippen LogP contribution in [0.1, 0.15) is 12.0 Å². The number of ether oxygens (including phenoxy) is 1. The molecule has 1 saturated carbocycles. The zero-order valence-electron chi connectivity index (χ0n) is 18.7. The number of anilines is 4. The summed E-state index contributed by atoms with van der Waals surface area (Å²) in [6.45, 7) is 1.91. The number of aromatic nitrogens is 4. The summed E-state index contributed by atoms with van der Waals surface area (Å²) in [5.41, 5.74) is 7.74. The molecule has 1 aliphatic carbocycles. The second-order valence-electron chi connectivity index (χ2n) is 8.93. The summed E-state index contributed by atoms with van der Waals surface area (Å²) in [4.78, 5) is 16.8. The van der Waals surface area contributed by atoms with Crippen LogP contribution in [0, 0.1) is 18.3 Å². The molecule has 0 bridgehead atoms. The van der Waals surface area contributed by atoms with Crippen molar-refractivity contribution < 1.29 is 22.4 Å². The first kappa shape index (κ1) is 22.4. The van der Waals surface area contributed by atoms with E-state index in [4.69, 9.17) is 15.0 Å². The number of rotatable bonds is 7. The molecule has 180 valence electrons. The van der Waals surface area contributed by atoms with Crippen LogP contribution in [0.25, 0.3) is 11.5 Å². The molecule has 5 rings (SSSR count). The highest BCUT2D eigenvalue weighted by atomic mass is 19.4. The van der Waals surface area contributed by atoms with Crippen LogP contribution in [-0.2, 0) is 4.74 Å². The first-order valence-corrected chi connectivity index (χ1v) is 10.8. The van der Waals surface area contributed by atoms with Gasteiger partial charge in [-0.05, 0) is 31.4 Å². The monoisotopic (exact) mass is 475 g/mol. The van der Waals surface area contributed by atoms with Gasteiger partial charge in [0.25, 0.3) is 0 Å². The molecule has 34 heavy (non-hydrogen) atoms. The molecule has 3 aromatic rings. The third-order valence-corrected chi connectivity index (χ3v) is 6.44. The number of nitrogens with zero attached hydrogens (tertiary/aromatic N) is 6. The fourth-order valence-electron chi connectivity index (χ4n) is 4.58. The van der Waals surface area contributed by atoms with Crippen molar-refractivity contribution in [2.24, 2.45) is 11.3 Å². The van der Waals surface area contributed by atoms with Crippen LogP contribution in [-0.4, -0.2) is 59.6 Å². The van der Waals surface area contributed by atoms with E-state index in [2.05, 4.69) is 20.1 Å². The summed E-state index contributed by atoms with van der Waals surface area (Å²) >= 11 is 0. The van der Waals surface area contributed by atoms with Crippen LogP contribution >= 0.6 is 0 Å². The minimum Gasteiger partial charge on any atom is -0.371 e. The number of piperidine rings is 1. The largest absolute Gasteiger partial charge is 0.411 e. The van der Waals surface area contributed by atoms with Gasteiger partial charge in [-0.3, -0.25) is 0 Å². The van der Waals surface area contributed by atoms with Crippen molar-refractivity contribution in [2.45, 2.75) is 19.5 Å². The molecule has 12 heteroatoms. The predicted octanol–water partition coefficient (Wildman–Crippen LogP) is 3.59. The van der Waals surface area contributed by atoms with Crippen LogP contribution in [0.4, 0.5) is 36.6 Å². The zero-order chi connectivity index (χ0) is 24.1. The molecular formula is C22H24F3N7O2. The van der Waals surface area contributed by atoms with E-state index in [1.807, 2.05) is 49.2 Å². The molecule has 1 aromatic carbocycles. The van der Waals surface area contributed by atoms with Crippen LogP contribution in [0.15, 0.2) is 34.9 Å². The standard InChI is InChI=1S/C22H24F3N7O2/c1-13-16(17-27-19(26)29-20(28-17)31(2)15-6-4-3-5-7-15)30-34-18(13)32-9-14-8-21(14,10-32)11-33-12-22(23,24)25/h3-7,14H,8-12H2,1-2H3,(H2,26,27,28,29). The highest BCUT2D eigenvalue weighted by Gasteiger charge is 2.61. The average Bonchev–Trinajstić information content (AvgIpc) is 3.11. The Hall–Kier alpha value is -3.41. The van der Waals surface area contributed by atoms with Crippen molar-refractivity contribution >= 4 is 23.5 Å². The maximum absolute atomic E-state index is 12.4. The minimum atomic E-state index is -4.32. The molecular weight excluding hydrogens is 451 g/mol. The van der Waals surface area contributed by atoms with Gasteiger partial charge in [0.2, 0.25) is 17.8 Å². The predicted molar refractivity (Wildman–Crippen MR) is 119 cm³/mol. The van der Waals surface area contributed by atoms with E-state index in [1.54, 1.807) is 4.90 Å². The lowest BCUT2D eigenvalue weighted by Crippen LogP contribution is -2.28. The van der Waals surface area contributed by atoms with Crippen molar-refractivity contribution in [3.05, 3.63) is 35.9 Å². The van der Waals surface area contributed by atoms with Gasteiger partial charge < -0.3 is 24.8 Å². The van der Waals surface area contributed by atoms with Crippen LogP contribution in [0.5, 0.6) is 0 Å². The molecule has 0 amide bonds. The van der Waals surface area contributed by atoms with Gasteiger partial charge in [0, 0.05) is 36.8 Å². The van der Waals surface area contributed by atoms with Gasteiger partial charge in [0.05, 0.1) is 6.61 Å². The van der Waals surface area contributed by atoms with Gasteiger partial charge in [0.15, 0.2) is 11.5 Å². The average molecular weight is 475 g/mol. The molecule has 1 saturated heterocycles. The maximum Gasteiger partial charge on any atom is 0.411 e. The lowest BCUT2D eigenvalue weighted by atomic mass is 10.1. The Morgan fingerprint density at radius 1 is 1.24 bits per heavy atom. The summed E-state index contributed by atoms with van der Waals surface area (Å²) in [6, 6.07) is 9.58. The number of alkyl halides is 3. The third-order valence-electron chi connectivity index (χ3n) is 6.44. The van der Waals surface area contributed by atoms with Crippen molar-refractivity contribution in [2.75, 3.05) is 48.9 Å².